The molecule has 3 atom stereocenters. The van der Waals surface area contributed by atoms with Gasteiger partial charge in [-0.2, -0.15) is 0 Å². The number of amides is 2. The number of rotatable bonds is 2. The van der Waals surface area contributed by atoms with E-state index in [1.807, 2.05) is 0 Å². The second kappa shape index (κ2) is 5.54. The van der Waals surface area contributed by atoms with E-state index in [4.69, 9.17) is 4.74 Å². The van der Waals surface area contributed by atoms with Gasteiger partial charge in [-0.05, 0) is 46.5 Å². The van der Waals surface area contributed by atoms with E-state index in [1.54, 1.807) is 20.8 Å². The van der Waals surface area contributed by atoms with Crippen molar-refractivity contribution < 1.29 is 24.2 Å². The van der Waals surface area contributed by atoms with Gasteiger partial charge in [0.1, 0.15) is 17.7 Å². The van der Waals surface area contributed by atoms with Gasteiger partial charge in [0.25, 0.3) is 0 Å². The van der Waals surface area contributed by atoms with E-state index in [-0.39, 0.29) is 11.9 Å². The first-order valence-corrected chi connectivity index (χ1v) is 7.23. The molecule has 0 radical (unpaired) electrons. The highest BCUT2D eigenvalue weighted by molar-refractivity contribution is 5.91. The first-order chi connectivity index (χ1) is 9.69. The third kappa shape index (κ3) is 3.46. The molecule has 7 heteroatoms. The highest BCUT2D eigenvalue weighted by atomic mass is 16.6. The molecule has 2 fully saturated rings. The molecule has 0 saturated carbocycles. The maximum atomic E-state index is 12.3. The molecule has 0 spiro atoms. The van der Waals surface area contributed by atoms with Crippen LogP contribution in [-0.4, -0.2) is 51.7 Å². The monoisotopic (exact) mass is 298 g/mol. The number of nitrogens with zero attached hydrogens (tertiary/aromatic N) is 1. The molecule has 2 rings (SSSR count). The molecule has 2 N–H and O–H groups in total. The van der Waals surface area contributed by atoms with E-state index in [1.165, 1.54) is 4.90 Å². The molecule has 0 aliphatic carbocycles. The molecule has 2 saturated heterocycles. The average Bonchev–Trinajstić information content (AvgIpc) is 2.63. The van der Waals surface area contributed by atoms with Crippen molar-refractivity contribution in [2.75, 3.05) is 0 Å². The van der Waals surface area contributed by atoms with Crippen molar-refractivity contribution in [3.63, 3.8) is 0 Å². The molecular weight excluding hydrogens is 276 g/mol. The summed E-state index contributed by atoms with van der Waals surface area (Å²) in [7, 11) is 0. The topological polar surface area (TPSA) is 95.9 Å². The molecule has 0 aromatic rings. The number of nitrogens with one attached hydrogen (secondary N) is 1. The van der Waals surface area contributed by atoms with Gasteiger partial charge in [0, 0.05) is 6.04 Å². The summed E-state index contributed by atoms with van der Waals surface area (Å²) < 4.78 is 5.14. The maximum absolute atomic E-state index is 12.3. The van der Waals surface area contributed by atoms with Gasteiger partial charge in [0.05, 0.1) is 0 Å². The Morgan fingerprint density at radius 2 is 2.00 bits per heavy atom. The minimum Gasteiger partial charge on any atom is -0.480 e. The number of piperidine rings is 1. The Balaban J connectivity index is 2.03. The molecule has 2 aliphatic rings. The van der Waals surface area contributed by atoms with Crippen molar-refractivity contribution in [3.8, 4) is 0 Å². The predicted octanol–water partition coefficient (Wildman–Crippen LogP) is 1.12. The number of alkyl carbamates (subject to hydrolysis) is 1. The zero-order valence-corrected chi connectivity index (χ0v) is 12.6. The molecule has 7 nitrogen and oxygen atoms in total. The van der Waals surface area contributed by atoms with E-state index < -0.39 is 29.7 Å². The van der Waals surface area contributed by atoms with E-state index >= 15 is 0 Å². The molecular formula is C14H22N2O5. The van der Waals surface area contributed by atoms with E-state index in [0.717, 1.165) is 12.8 Å². The summed E-state index contributed by atoms with van der Waals surface area (Å²) in [6, 6.07) is -1.57. The van der Waals surface area contributed by atoms with Gasteiger partial charge >= 0.3 is 12.1 Å². The molecule has 0 aromatic heterocycles. The van der Waals surface area contributed by atoms with Crippen LogP contribution < -0.4 is 5.32 Å². The van der Waals surface area contributed by atoms with E-state index in [0.29, 0.717) is 12.8 Å². The second-order valence-corrected chi connectivity index (χ2v) is 6.62. The van der Waals surface area contributed by atoms with Crippen molar-refractivity contribution in [1.82, 2.24) is 10.2 Å². The summed E-state index contributed by atoms with van der Waals surface area (Å²) in [5.74, 6) is -1.30. The first-order valence-electron chi connectivity index (χ1n) is 7.23. The Hall–Kier alpha value is -1.79. The Kier molecular flexibility index (Phi) is 4.11. The maximum Gasteiger partial charge on any atom is 0.408 e. The van der Waals surface area contributed by atoms with Crippen LogP contribution in [0.4, 0.5) is 4.79 Å². The fourth-order valence-electron chi connectivity index (χ4n) is 3.01. The first kappa shape index (κ1) is 15.6. The second-order valence-electron chi connectivity index (χ2n) is 6.62. The van der Waals surface area contributed by atoms with Gasteiger partial charge in [0.15, 0.2) is 0 Å². The largest absolute Gasteiger partial charge is 0.480 e. The Morgan fingerprint density at radius 3 is 2.57 bits per heavy atom. The summed E-state index contributed by atoms with van der Waals surface area (Å²) in [4.78, 5) is 36.8. The zero-order valence-electron chi connectivity index (χ0n) is 12.6. The smallest absolute Gasteiger partial charge is 0.408 e. The van der Waals surface area contributed by atoms with Gasteiger partial charge in [-0.1, -0.05) is 0 Å². The van der Waals surface area contributed by atoms with Crippen LogP contribution >= 0.6 is 0 Å². The number of hydrogen-bond acceptors (Lipinski definition) is 4. The van der Waals surface area contributed by atoms with Crippen LogP contribution in [0.2, 0.25) is 0 Å². The van der Waals surface area contributed by atoms with E-state index in [2.05, 4.69) is 5.32 Å². The minimum absolute atomic E-state index is 0.104. The molecule has 2 heterocycles. The average molecular weight is 298 g/mol. The van der Waals surface area contributed by atoms with Crippen molar-refractivity contribution in [1.29, 1.82) is 0 Å². The fraction of sp³-hybridized carbons (Fsp3) is 0.786. The molecule has 0 unspecified atom stereocenters. The quantitative estimate of drug-likeness (QED) is 0.796. The van der Waals surface area contributed by atoms with Crippen LogP contribution in [0.1, 0.15) is 46.5 Å². The van der Waals surface area contributed by atoms with E-state index in [9.17, 15) is 19.5 Å². The molecule has 0 aromatic carbocycles. The Labute approximate surface area is 123 Å². The molecule has 0 bridgehead atoms. The highest BCUT2D eigenvalue weighted by Gasteiger charge is 2.47. The molecule has 118 valence electrons. The normalized spacial score (nSPS) is 29.0. The van der Waals surface area contributed by atoms with Gasteiger partial charge in [-0.15, -0.1) is 0 Å². The standard InChI is InChI=1S/C14H22N2O5/c1-14(2,3)21-13(20)15-9-7-8-5-4-6-10(12(18)19)16(8)11(9)17/h8-10H,4-7H2,1-3H3,(H,15,20)(H,18,19)/t8-,9-,10-/m1/s1. The highest BCUT2D eigenvalue weighted by Crippen LogP contribution is 2.32. The number of ether oxygens (including phenoxy) is 1. The van der Waals surface area contributed by atoms with Gasteiger partial charge in [-0.3, -0.25) is 4.79 Å². The van der Waals surface area contributed by atoms with Crippen LogP contribution in [0.25, 0.3) is 0 Å². The van der Waals surface area contributed by atoms with Crippen LogP contribution in [0, 0.1) is 0 Å². The summed E-state index contributed by atoms with van der Waals surface area (Å²) in [6.07, 6.45) is 1.83. The van der Waals surface area contributed by atoms with Crippen molar-refractivity contribution in [3.05, 3.63) is 0 Å². The summed E-state index contributed by atoms with van der Waals surface area (Å²) >= 11 is 0. The number of aliphatic carboxylic acids is 1. The van der Waals surface area contributed by atoms with Crippen LogP contribution in [0.15, 0.2) is 0 Å². The lowest BCUT2D eigenvalue weighted by Gasteiger charge is -2.34. The fourth-order valence-corrected chi connectivity index (χ4v) is 3.01. The van der Waals surface area contributed by atoms with Crippen LogP contribution in [0.5, 0.6) is 0 Å². The van der Waals surface area contributed by atoms with Gasteiger partial charge in [-0.25, -0.2) is 9.59 Å². The predicted molar refractivity (Wildman–Crippen MR) is 73.7 cm³/mol. The number of carboxylic acid groups (broad SMARTS) is 1. The molecule has 2 amide bonds. The van der Waals surface area contributed by atoms with Gasteiger partial charge < -0.3 is 20.1 Å². The zero-order chi connectivity index (χ0) is 15.8. The minimum atomic E-state index is -0.981. The number of carbonyl (C=O) groups is 3. The molecule has 2 aliphatic heterocycles. The number of hydrogen-bond donors (Lipinski definition) is 2. The summed E-state index contributed by atoms with van der Waals surface area (Å²) in [5.41, 5.74) is -0.637. The summed E-state index contributed by atoms with van der Waals surface area (Å²) in [6.45, 7) is 5.23. The van der Waals surface area contributed by atoms with Crippen molar-refractivity contribution in [2.24, 2.45) is 0 Å². The van der Waals surface area contributed by atoms with Crippen molar-refractivity contribution in [2.45, 2.75) is 70.2 Å². The number of carboxylic acids is 1. The lowest BCUT2D eigenvalue weighted by Crippen LogP contribution is -2.51. The van der Waals surface area contributed by atoms with Gasteiger partial charge in [0.2, 0.25) is 5.91 Å². The third-order valence-electron chi connectivity index (χ3n) is 3.78. The van der Waals surface area contributed by atoms with Crippen molar-refractivity contribution >= 4 is 18.0 Å². The number of carbonyl (C=O) groups excluding carboxylic acids is 2. The third-order valence-corrected chi connectivity index (χ3v) is 3.78. The Bertz CT molecular complexity index is 457. The molecule has 21 heavy (non-hydrogen) atoms. The lowest BCUT2D eigenvalue weighted by atomic mass is 9.96. The number of fused-ring (bicyclic) bond motifs is 1. The Morgan fingerprint density at radius 1 is 1.33 bits per heavy atom. The summed E-state index contributed by atoms with van der Waals surface area (Å²) in [5, 5.41) is 11.8. The lowest BCUT2D eigenvalue weighted by molar-refractivity contribution is -0.152. The van der Waals surface area contributed by atoms with Crippen LogP contribution in [-0.2, 0) is 14.3 Å². The SMILES string of the molecule is CC(C)(C)OC(=O)N[C@@H]1C[C@H]2CCC[C@H](C(=O)O)N2C1=O. The van der Waals surface area contributed by atoms with Crippen LogP contribution in [0.3, 0.4) is 0 Å².